The molecule has 1 saturated heterocycles. The number of nitrogens with one attached hydrogen (secondary N) is 1. The average Bonchev–Trinajstić information content (AvgIpc) is 2.75. The van der Waals surface area contributed by atoms with Gasteiger partial charge in [-0.25, -0.2) is 8.42 Å². The van der Waals surface area contributed by atoms with E-state index in [2.05, 4.69) is 0 Å². The second kappa shape index (κ2) is 8.86. The highest BCUT2D eigenvalue weighted by molar-refractivity contribution is 7.89. The molecule has 1 aliphatic rings. The Hall–Kier alpha value is -2.89. The van der Waals surface area contributed by atoms with Crippen LogP contribution in [0.1, 0.15) is 5.56 Å². The summed E-state index contributed by atoms with van der Waals surface area (Å²) in [7, 11) is -1.04. The van der Waals surface area contributed by atoms with Crippen LogP contribution < -0.4 is 14.4 Å². The fourth-order valence-corrected chi connectivity index (χ4v) is 5.12. The highest BCUT2D eigenvalue weighted by Crippen LogP contribution is 2.36. The number of para-hydroxylation sites is 1. The number of phenols is 1. The number of aromatic hydroxyl groups is 1. The summed E-state index contributed by atoms with van der Waals surface area (Å²) in [6, 6.07) is 8.83. The number of methoxy groups -OCH3 is 2. The van der Waals surface area contributed by atoms with E-state index in [1.807, 2.05) is 0 Å². The molecule has 0 unspecified atom stereocenters. The van der Waals surface area contributed by atoms with E-state index in [1.165, 1.54) is 42.8 Å². The summed E-state index contributed by atoms with van der Waals surface area (Å²) in [6.07, 6.45) is 0. The van der Waals surface area contributed by atoms with Crippen LogP contribution in [0.25, 0.3) is 0 Å². The molecule has 1 heterocycles. The first-order chi connectivity index (χ1) is 14.3. The summed E-state index contributed by atoms with van der Waals surface area (Å²) in [6.45, 7) is 2.15. The average molecular weight is 438 g/mol. The minimum atomic E-state index is -3.96. The van der Waals surface area contributed by atoms with Crippen molar-refractivity contribution in [2.24, 2.45) is 0 Å². The van der Waals surface area contributed by atoms with Gasteiger partial charge >= 0.3 is 0 Å². The smallest absolute Gasteiger partial charge is 0.289 e. The quantitative estimate of drug-likeness (QED) is 0.474. The van der Waals surface area contributed by atoms with E-state index in [4.69, 9.17) is 9.47 Å². The van der Waals surface area contributed by atoms with Crippen LogP contribution in [0.3, 0.4) is 0 Å². The van der Waals surface area contributed by atoms with Crippen molar-refractivity contribution in [1.29, 1.82) is 0 Å². The third-order valence-corrected chi connectivity index (χ3v) is 7.05. The van der Waals surface area contributed by atoms with Crippen molar-refractivity contribution in [2.45, 2.75) is 11.4 Å². The zero-order valence-corrected chi connectivity index (χ0v) is 17.5. The fourth-order valence-electron chi connectivity index (χ4n) is 3.52. The molecule has 0 spiro atoms. The van der Waals surface area contributed by atoms with Crippen LogP contribution in [0.4, 0.5) is 5.69 Å². The lowest BCUT2D eigenvalue weighted by molar-refractivity contribution is -0.917. The van der Waals surface area contributed by atoms with E-state index in [0.717, 1.165) is 10.5 Å². The standard InChI is InChI=1S/C19H23N3O7S/c1-28-16-11-14(12-17(29-2)19(16)23)13-20-7-9-21(10-8-20)30(26,27)18-6-4-3-5-15(18)22(24)25/h3-6,11-12,23H,7-10,13H2,1-2H3/p+1. The van der Waals surface area contributed by atoms with Crippen molar-refractivity contribution in [3.63, 3.8) is 0 Å². The number of rotatable bonds is 7. The van der Waals surface area contributed by atoms with Crippen molar-refractivity contribution < 1.29 is 32.8 Å². The van der Waals surface area contributed by atoms with Crippen molar-refractivity contribution in [2.75, 3.05) is 40.4 Å². The van der Waals surface area contributed by atoms with Crippen LogP contribution in [0.15, 0.2) is 41.3 Å². The first kappa shape index (κ1) is 21.8. The Morgan fingerprint density at radius 3 is 2.23 bits per heavy atom. The maximum Gasteiger partial charge on any atom is 0.289 e. The predicted octanol–water partition coefficient (Wildman–Crippen LogP) is 0.407. The van der Waals surface area contributed by atoms with Crippen molar-refractivity contribution in [1.82, 2.24) is 4.31 Å². The lowest BCUT2D eigenvalue weighted by Crippen LogP contribution is -3.13. The van der Waals surface area contributed by atoms with Gasteiger partial charge in [0.25, 0.3) is 5.69 Å². The van der Waals surface area contributed by atoms with E-state index in [-0.39, 0.29) is 23.7 Å². The molecule has 1 fully saturated rings. The van der Waals surface area contributed by atoms with Gasteiger partial charge in [0.05, 0.1) is 45.3 Å². The molecule has 0 radical (unpaired) electrons. The first-order valence-electron chi connectivity index (χ1n) is 9.29. The van der Waals surface area contributed by atoms with E-state index >= 15 is 0 Å². The monoisotopic (exact) mass is 438 g/mol. The first-order valence-corrected chi connectivity index (χ1v) is 10.7. The summed E-state index contributed by atoms with van der Waals surface area (Å²) < 4.78 is 37.5. The van der Waals surface area contributed by atoms with E-state index in [0.29, 0.717) is 31.1 Å². The largest absolute Gasteiger partial charge is 0.502 e. The fraction of sp³-hybridized carbons (Fsp3) is 0.368. The van der Waals surface area contributed by atoms with E-state index in [9.17, 15) is 23.6 Å². The normalized spacial score (nSPS) is 15.7. The van der Waals surface area contributed by atoms with Gasteiger partial charge in [-0.1, -0.05) is 12.1 Å². The van der Waals surface area contributed by atoms with Gasteiger partial charge in [-0.2, -0.15) is 4.31 Å². The molecule has 162 valence electrons. The van der Waals surface area contributed by atoms with Crippen LogP contribution in [0.5, 0.6) is 17.2 Å². The Kier molecular flexibility index (Phi) is 6.44. The Morgan fingerprint density at radius 1 is 1.13 bits per heavy atom. The molecular weight excluding hydrogens is 414 g/mol. The number of hydrogen-bond donors (Lipinski definition) is 2. The topological polar surface area (TPSA) is 124 Å². The van der Waals surface area contributed by atoms with Crippen LogP contribution in [0.2, 0.25) is 0 Å². The predicted molar refractivity (Wildman–Crippen MR) is 107 cm³/mol. The number of benzene rings is 2. The van der Waals surface area contributed by atoms with Crippen LogP contribution in [-0.2, 0) is 16.6 Å². The number of nitro benzene ring substituents is 1. The summed E-state index contributed by atoms with van der Waals surface area (Å²) in [4.78, 5) is 11.4. The third-order valence-electron chi connectivity index (χ3n) is 5.10. The van der Waals surface area contributed by atoms with Gasteiger partial charge in [-0.15, -0.1) is 0 Å². The number of piperazine rings is 1. The lowest BCUT2D eigenvalue weighted by Gasteiger charge is -2.31. The number of phenolic OH excluding ortho intramolecular Hbond substituents is 1. The van der Waals surface area contributed by atoms with Crippen LogP contribution in [0, 0.1) is 10.1 Å². The molecule has 2 N–H and O–H groups in total. The molecule has 1 aliphatic heterocycles. The Bertz CT molecular complexity index is 1010. The minimum absolute atomic E-state index is 0.0703. The summed E-state index contributed by atoms with van der Waals surface area (Å²) in [5.41, 5.74) is 0.460. The van der Waals surface area contributed by atoms with Gasteiger partial charge in [0.15, 0.2) is 16.4 Å². The highest BCUT2D eigenvalue weighted by atomic mass is 32.2. The van der Waals surface area contributed by atoms with E-state index < -0.39 is 20.6 Å². The molecule has 10 nitrogen and oxygen atoms in total. The molecule has 2 aromatic carbocycles. The van der Waals surface area contributed by atoms with Gasteiger partial charge in [-0.3, -0.25) is 10.1 Å². The summed E-state index contributed by atoms with van der Waals surface area (Å²) in [5, 5.41) is 21.3. The molecule has 0 saturated carbocycles. The maximum atomic E-state index is 12.9. The molecule has 0 atom stereocenters. The number of nitrogens with zero attached hydrogens (tertiary/aromatic N) is 2. The Balaban J connectivity index is 1.72. The highest BCUT2D eigenvalue weighted by Gasteiger charge is 2.34. The Morgan fingerprint density at radius 2 is 1.70 bits per heavy atom. The maximum absolute atomic E-state index is 12.9. The van der Waals surface area contributed by atoms with Gasteiger partial charge in [0.2, 0.25) is 15.8 Å². The van der Waals surface area contributed by atoms with Gasteiger partial charge in [-0.05, 0) is 18.2 Å². The Labute approximate surface area is 174 Å². The number of sulfonamides is 1. The molecular formula is C19H24N3O7S+. The van der Waals surface area contributed by atoms with Gasteiger partial charge in [0.1, 0.15) is 6.54 Å². The van der Waals surface area contributed by atoms with E-state index in [1.54, 1.807) is 12.1 Å². The summed E-state index contributed by atoms with van der Waals surface area (Å²) >= 11 is 0. The molecule has 0 aliphatic carbocycles. The number of nitro groups is 1. The SMILES string of the molecule is COc1cc(C[NH+]2CCN(S(=O)(=O)c3ccccc3[N+](=O)[O-])CC2)cc(OC)c1O. The van der Waals surface area contributed by atoms with Gasteiger partial charge < -0.3 is 19.5 Å². The number of quaternary nitrogens is 1. The summed E-state index contributed by atoms with van der Waals surface area (Å²) in [5.74, 6) is 0.543. The second-order valence-corrected chi connectivity index (χ2v) is 8.81. The molecule has 0 amide bonds. The number of hydrogen-bond acceptors (Lipinski definition) is 7. The third kappa shape index (κ3) is 4.32. The van der Waals surface area contributed by atoms with Crippen molar-refractivity contribution in [3.8, 4) is 17.2 Å². The lowest BCUT2D eigenvalue weighted by atomic mass is 10.1. The van der Waals surface area contributed by atoms with Crippen LogP contribution >= 0.6 is 0 Å². The van der Waals surface area contributed by atoms with Crippen molar-refractivity contribution >= 4 is 15.7 Å². The molecule has 2 aromatic rings. The molecule has 3 rings (SSSR count). The molecule has 0 aromatic heterocycles. The second-order valence-electron chi connectivity index (χ2n) is 6.90. The zero-order chi connectivity index (χ0) is 21.9. The zero-order valence-electron chi connectivity index (χ0n) is 16.7. The van der Waals surface area contributed by atoms with Crippen molar-refractivity contribution in [3.05, 3.63) is 52.1 Å². The number of ether oxygens (including phenoxy) is 2. The van der Waals surface area contributed by atoms with Gasteiger partial charge in [0, 0.05) is 11.6 Å². The van der Waals surface area contributed by atoms with Crippen LogP contribution in [-0.4, -0.2) is 63.2 Å². The molecule has 11 heteroatoms. The molecule has 30 heavy (non-hydrogen) atoms. The molecule has 0 bridgehead atoms. The minimum Gasteiger partial charge on any atom is -0.502 e.